The summed E-state index contributed by atoms with van der Waals surface area (Å²) in [6.45, 7) is 0. The fourth-order valence-corrected chi connectivity index (χ4v) is 1.58. The van der Waals surface area contributed by atoms with Gasteiger partial charge < -0.3 is 14.9 Å². The Hall–Kier alpha value is -1.18. The van der Waals surface area contributed by atoms with E-state index in [0.717, 1.165) is 0 Å². The van der Waals surface area contributed by atoms with Gasteiger partial charge in [-0.25, -0.2) is 9.59 Å². The molecule has 6 heteroatoms. The van der Waals surface area contributed by atoms with Gasteiger partial charge in [-0.05, 0) is 24.3 Å². The monoisotopic (exact) mass is 297 g/mol. The van der Waals surface area contributed by atoms with E-state index in [0.29, 0.717) is 0 Å². The number of ether oxygens (including phenoxy) is 1. The van der Waals surface area contributed by atoms with E-state index in [1.807, 2.05) is 0 Å². The van der Waals surface area contributed by atoms with Crippen LogP contribution in [0.2, 0.25) is 0 Å². The van der Waals surface area contributed by atoms with E-state index < -0.39 is 11.9 Å². The molecule has 2 rings (SSSR count). The maximum Gasteiger partial charge on any atom is 1.00 e. The molecule has 20 heavy (non-hydrogen) atoms. The van der Waals surface area contributed by atoms with Crippen molar-refractivity contribution >= 4 is 11.9 Å². The zero-order valence-electron chi connectivity index (χ0n) is 10.7. The van der Waals surface area contributed by atoms with E-state index in [1.165, 1.54) is 24.3 Å². The molecule has 2 aromatic rings. The van der Waals surface area contributed by atoms with Crippen LogP contribution in [0.1, 0.15) is 20.7 Å². The summed E-state index contributed by atoms with van der Waals surface area (Å²) in [4.78, 5) is 22.1. The Kier molecular flexibility index (Phi) is 6.38. The molecule has 0 radical (unpaired) electrons. The first-order valence-electron chi connectivity index (χ1n) is 5.42. The van der Waals surface area contributed by atoms with Crippen molar-refractivity contribution in [2.45, 2.75) is 0 Å². The van der Waals surface area contributed by atoms with Crippen LogP contribution in [-0.4, -0.2) is 22.2 Å². The van der Waals surface area contributed by atoms with Crippen molar-refractivity contribution in [3.8, 4) is 11.5 Å². The second kappa shape index (κ2) is 7.56. The van der Waals surface area contributed by atoms with Crippen molar-refractivity contribution in [3.05, 3.63) is 59.7 Å². The number of benzene rings is 2. The van der Waals surface area contributed by atoms with Crippen LogP contribution in [-0.2, 0) is 0 Å². The molecule has 0 bridgehead atoms. The molecule has 0 atom stereocenters. The van der Waals surface area contributed by atoms with Gasteiger partial charge in [0.2, 0.25) is 0 Å². The molecule has 0 saturated carbocycles. The minimum Gasteiger partial charge on any atom is -0.478 e. The summed E-state index contributed by atoms with van der Waals surface area (Å²) < 4.78 is 5.40. The Bertz CT molecular complexity index is 583. The van der Waals surface area contributed by atoms with Crippen LogP contribution in [0.25, 0.3) is 0 Å². The van der Waals surface area contributed by atoms with E-state index in [1.54, 1.807) is 24.3 Å². The summed E-state index contributed by atoms with van der Waals surface area (Å²) >= 11 is 0. The van der Waals surface area contributed by atoms with Gasteiger partial charge in [-0.15, -0.1) is 0 Å². The number of hydrogen-bond acceptors (Lipinski definition) is 3. The second-order valence-corrected chi connectivity index (χ2v) is 3.70. The maximum atomic E-state index is 11.0. The molecule has 0 unspecified atom stereocenters. The maximum absolute atomic E-state index is 11.0. The van der Waals surface area contributed by atoms with Crippen LogP contribution >= 0.6 is 0 Å². The van der Waals surface area contributed by atoms with Crippen LogP contribution in [0.5, 0.6) is 11.5 Å². The van der Waals surface area contributed by atoms with Crippen molar-refractivity contribution in [3.63, 3.8) is 0 Å². The third-order valence-electron chi connectivity index (χ3n) is 2.45. The Morgan fingerprint density at radius 3 is 1.45 bits per heavy atom. The van der Waals surface area contributed by atoms with E-state index in [2.05, 4.69) is 0 Å². The van der Waals surface area contributed by atoms with E-state index in [4.69, 9.17) is 14.9 Å². The number of carbonyl (C=O) groups is 2. The van der Waals surface area contributed by atoms with Gasteiger partial charge in [0.25, 0.3) is 0 Å². The minimum atomic E-state index is -1.14. The number of hydrogen-bond donors (Lipinski definition) is 2. The van der Waals surface area contributed by atoms with Gasteiger partial charge in [0.1, 0.15) is 22.6 Å². The van der Waals surface area contributed by atoms with Crippen molar-refractivity contribution in [2.75, 3.05) is 0 Å². The molecule has 0 spiro atoms. The third kappa shape index (κ3) is 3.91. The Labute approximate surface area is 157 Å². The molecule has 0 fully saturated rings. The van der Waals surface area contributed by atoms with Gasteiger partial charge in [0.15, 0.2) is 0 Å². The predicted octanol–water partition coefficient (Wildman–Crippen LogP) is -0.121. The largest absolute Gasteiger partial charge is 1.00 e. The first-order chi connectivity index (χ1) is 9.09. The van der Waals surface area contributed by atoms with Crippen LogP contribution in [0.4, 0.5) is 0 Å². The zero-order chi connectivity index (χ0) is 13.8. The van der Waals surface area contributed by atoms with Crippen LogP contribution in [0.3, 0.4) is 0 Å². The number of carboxylic acid groups (broad SMARTS) is 2. The van der Waals surface area contributed by atoms with Gasteiger partial charge in [0.05, 0.1) is 0 Å². The number of para-hydroxylation sites is 2. The fourth-order valence-electron chi connectivity index (χ4n) is 1.58. The van der Waals surface area contributed by atoms with Crippen LogP contribution in [0, 0.1) is 0 Å². The van der Waals surface area contributed by atoms with Gasteiger partial charge >= 0.3 is 63.3 Å². The van der Waals surface area contributed by atoms with Gasteiger partial charge in [-0.3, -0.25) is 0 Å². The summed E-state index contributed by atoms with van der Waals surface area (Å²) in [7, 11) is 0. The van der Waals surface area contributed by atoms with Crippen LogP contribution in [0.15, 0.2) is 48.5 Å². The van der Waals surface area contributed by atoms with Crippen molar-refractivity contribution in [1.29, 1.82) is 0 Å². The molecular formula is C14H10KO5+. The van der Waals surface area contributed by atoms with E-state index in [-0.39, 0.29) is 74.0 Å². The normalized spacial score (nSPS) is 9.40. The average molecular weight is 297 g/mol. The summed E-state index contributed by atoms with van der Waals surface area (Å²) in [6, 6.07) is 12.1. The SMILES string of the molecule is O=C(O)c1ccccc1Oc1ccccc1C(=O)O.[K+]. The summed E-state index contributed by atoms with van der Waals surface area (Å²) in [5.74, 6) is -2.07. The molecule has 5 nitrogen and oxygen atoms in total. The number of carboxylic acids is 2. The molecule has 2 aromatic carbocycles. The smallest absolute Gasteiger partial charge is 0.478 e. The van der Waals surface area contributed by atoms with Gasteiger partial charge in [-0.2, -0.15) is 0 Å². The fraction of sp³-hybridized carbons (Fsp3) is 0. The molecule has 0 aliphatic carbocycles. The zero-order valence-corrected chi connectivity index (χ0v) is 13.9. The second-order valence-electron chi connectivity index (χ2n) is 3.70. The first-order valence-corrected chi connectivity index (χ1v) is 5.42. The molecule has 0 aromatic heterocycles. The summed E-state index contributed by atoms with van der Waals surface area (Å²) in [5, 5.41) is 18.1. The molecule has 0 heterocycles. The molecule has 2 N–H and O–H groups in total. The standard InChI is InChI=1S/C14H10O5.K/c15-13(16)9-5-1-3-7-11(9)19-12-8-4-2-6-10(12)14(17)18;/h1-8H,(H,15,16)(H,17,18);/q;+1. The molecule has 0 aliphatic heterocycles. The Morgan fingerprint density at radius 2 is 1.10 bits per heavy atom. The quantitative estimate of drug-likeness (QED) is 0.769. The predicted molar refractivity (Wildman–Crippen MR) is 66.9 cm³/mol. The molecule has 0 aliphatic rings. The third-order valence-corrected chi connectivity index (χ3v) is 2.45. The van der Waals surface area contributed by atoms with Crippen molar-refractivity contribution in [1.82, 2.24) is 0 Å². The van der Waals surface area contributed by atoms with E-state index in [9.17, 15) is 9.59 Å². The molecule has 0 saturated heterocycles. The van der Waals surface area contributed by atoms with Crippen LogP contribution < -0.4 is 56.1 Å². The minimum absolute atomic E-state index is 0. The van der Waals surface area contributed by atoms with E-state index >= 15 is 0 Å². The average Bonchev–Trinajstić information content (AvgIpc) is 2.39. The number of aromatic carboxylic acids is 2. The van der Waals surface area contributed by atoms with Gasteiger partial charge in [-0.1, -0.05) is 24.3 Å². The Balaban J connectivity index is 0.00000200. The van der Waals surface area contributed by atoms with Crippen molar-refractivity contribution < 1.29 is 75.9 Å². The summed E-state index contributed by atoms with van der Waals surface area (Å²) in [6.07, 6.45) is 0. The van der Waals surface area contributed by atoms with Gasteiger partial charge in [0, 0.05) is 0 Å². The number of rotatable bonds is 4. The van der Waals surface area contributed by atoms with Crippen molar-refractivity contribution in [2.24, 2.45) is 0 Å². The molecule has 0 amide bonds. The Morgan fingerprint density at radius 1 is 0.750 bits per heavy atom. The first kappa shape index (κ1) is 16.9. The molecular weight excluding hydrogens is 287 g/mol. The topological polar surface area (TPSA) is 83.8 Å². The molecule has 96 valence electrons. The summed E-state index contributed by atoms with van der Waals surface area (Å²) in [5.41, 5.74) is -0.0506.